The lowest BCUT2D eigenvalue weighted by Crippen LogP contribution is -2.74. The van der Waals surface area contributed by atoms with E-state index in [1.54, 1.807) is 0 Å². The van der Waals surface area contributed by atoms with Gasteiger partial charge in [-0.2, -0.15) is 0 Å². The molecule has 0 saturated carbocycles. The third kappa shape index (κ3) is 7.39. The molecule has 2 aromatic heterocycles. The van der Waals surface area contributed by atoms with Crippen molar-refractivity contribution >= 4 is 107 Å². The Morgan fingerprint density at radius 3 is 1.00 bits per heavy atom. The van der Waals surface area contributed by atoms with Gasteiger partial charge in [0.15, 0.2) is 8.07 Å². The number of hydrogen-bond donors (Lipinski definition) is 0. The molecule has 11 aromatic carbocycles. The highest BCUT2D eigenvalue weighted by atomic mass is 28.3. The van der Waals surface area contributed by atoms with Crippen molar-refractivity contribution in [3.05, 3.63) is 279 Å². The maximum atomic E-state index is 6.64. The Balaban J connectivity index is 0.873. The summed E-state index contributed by atoms with van der Waals surface area (Å²) in [4.78, 5) is 4.64. The van der Waals surface area contributed by atoms with Crippen LogP contribution in [0.2, 0.25) is 0 Å². The van der Waals surface area contributed by atoms with Crippen LogP contribution in [0.3, 0.4) is 0 Å². The van der Waals surface area contributed by atoms with E-state index in [0.717, 1.165) is 89.1 Å². The first-order chi connectivity index (χ1) is 35.2. The molecular formula is C66H46N2O2Si. The lowest BCUT2D eigenvalue weighted by atomic mass is 10.0. The van der Waals surface area contributed by atoms with Gasteiger partial charge in [-0.1, -0.05) is 182 Å². The molecule has 5 heteroatoms. The summed E-state index contributed by atoms with van der Waals surface area (Å²) in [6, 6.07) is 100. The van der Waals surface area contributed by atoms with Crippen LogP contribution in [0.1, 0.15) is 0 Å². The van der Waals surface area contributed by atoms with Crippen LogP contribution in [-0.4, -0.2) is 8.07 Å². The van der Waals surface area contributed by atoms with Gasteiger partial charge < -0.3 is 18.6 Å². The lowest BCUT2D eigenvalue weighted by molar-refractivity contribution is 0.668. The van der Waals surface area contributed by atoms with Crippen LogP contribution in [-0.2, 0) is 0 Å². The van der Waals surface area contributed by atoms with Crippen molar-refractivity contribution in [2.75, 3.05) is 9.80 Å². The summed E-state index contributed by atoms with van der Waals surface area (Å²) < 4.78 is 12.8. The van der Waals surface area contributed by atoms with Crippen LogP contribution >= 0.6 is 0 Å². The van der Waals surface area contributed by atoms with E-state index in [9.17, 15) is 0 Å². The quantitative estimate of drug-likeness (QED) is 0.0956. The number of nitrogens with zero attached hydrogens (tertiary/aromatic N) is 2. The molecule has 0 N–H and O–H groups in total. The largest absolute Gasteiger partial charge is 0.456 e. The van der Waals surface area contributed by atoms with Gasteiger partial charge >= 0.3 is 0 Å². The fourth-order valence-electron chi connectivity index (χ4n) is 10.7. The SMILES string of the molecule is c1ccc(N(c2ccc(-c3ccc(N(c4ccccc4)c4ccc5oc6ccc([Si](c7ccccc7)(c7ccccc7)c7ccccc7)cc6c5c4)cc3)cc2)c2ccc3oc4ccccc4c3c2)cc1. The van der Waals surface area contributed by atoms with Gasteiger partial charge in [-0.3, -0.25) is 0 Å². The van der Waals surface area contributed by atoms with Crippen molar-refractivity contribution in [3.63, 3.8) is 0 Å². The van der Waals surface area contributed by atoms with Crippen molar-refractivity contribution in [2.45, 2.75) is 0 Å². The standard InChI is InChI=1S/C66H46N2O2Si/c1-6-18-49(19-7-1)67(53-38-41-64-60(44-53)59-28-16-17-29-63(59)69-64)51-34-30-47(31-35-51)48-32-36-52(37-33-48)68(50-20-8-2-9-21-50)54-39-42-65-61(45-54)62-46-58(40-43-66(62)70-65)71(55-22-10-3-11-23-55,56-24-12-4-13-25-56)57-26-14-5-15-27-57/h1-46H. The second kappa shape index (κ2) is 17.7. The van der Waals surface area contributed by atoms with E-state index in [0.29, 0.717) is 0 Å². The highest BCUT2D eigenvalue weighted by Gasteiger charge is 2.41. The predicted octanol–water partition coefficient (Wildman–Crippen LogP) is 15.5. The van der Waals surface area contributed by atoms with E-state index in [-0.39, 0.29) is 0 Å². The van der Waals surface area contributed by atoms with Crippen LogP contribution < -0.4 is 30.5 Å². The summed E-state index contributed by atoms with van der Waals surface area (Å²) in [5.74, 6) is 0. The highest BCUT2D eigenvalue weighted by molar-refractivity contribution is 7.20. The van der Waals surface area contributed by atoms with Crippen LogP contribution in [0.15, 0.2) is 288 Å². The molecule has 2 heterocycles. The fraction of sp³-hybridized carbons (Fsp3) is 0. The molecule has 0 amide bonds. The van der Waals surface area contributed by atoms with Gasteiger partial charge in [-0.05, 0) is 129 Å². The first-order valence-electron chi connectivity index (χ1n) is 24.1. The van der Waals surface area contributed by atoms with Gasteiger partial charge in [0.1, 0.15) is 22.3 Å². The minimum absolute atomic E-state index is 0.862. The van der Waals surface area contributed by atoms with E-state index in [1.165, 1.54) is 20.7 Å². The van der Waals surface area contributed by atoms with Crippen LogP contribution in [0.5, 0.6) is 0 Å². The van der Waals surface area contributed by atoms with E-state index < -0.39 is 8.07 Å². The normalized spacial score (nSPS) is 11.7. The summed E-state index contributed by atoms with van der Waals surface area (Å²) in [6.45, 7) is 0. The Morgan fingerprint density at radius 2 is 0.549 bits per heavy atom. The zero-order valence-electron chi connectivity index (χ0n) is 38.8. The molecule has 0 unspecified atom stereocenters. The van der Waals surface area contributed by atoms with Gasteiger partial charge in [-0.25, -0.2) is 0 Å². The molecule has 0 atom stereocenters. The van der Waals surface area contributed by atoms with Crippen molar-refractivity contribution in [1.82, 2.24) is 0 Å². The number of rotatable bonds is 11. The number of benzene rings is 11. The zero-order valence-corrected chi connectivity index (χ0v) is 39.8. The van der Waals surface area contributed by atoms with E-state index in [2.05, 4.69) is 277 Å². The van der Waals surface area contributed by atoms with Crippen LogP contribution in [0, 0.1) is 0 Å². The molecule has 71 heavy (non-hydrogen) atoms. The van der Waals surface area contributed by atoms with Gasteiger partial charge in [0, 0.05) is 55.7 Å². The molecular weight excluding hydrogens is 881 g/mol. The number of fused-ring (bicyclic) bond motifs is 6. The molecule has 13 aromatic rings. The van der Waals surface area contributed by atoms with Crippen molar-refractivity contribution < 1.29 is 8.83 Å². The summed E-state index contributed by atoms with van der Waals surface area (Å²) in [5, 5.41) is 9.72. The highest BCUT2D eigenvalue weighted by Crippen LogP contribution is 2.41. The maximum absolute atomic E-state index is 6.64. The average Bonchev–Trinajstić information content (AvgIpc) is 4.01. The van der Waals surface area contributed by atoms with E-state index in [4.69, 9.17) is 8.83 Å². The topological polar surface area (TPSA) is 32.8 Å². The second-order valence-electron chi connectivity index (χ2n) is 18.1. The molecule has 0 aliphatic heterocycles. The molecule has 0 fully saturated rings. The van der Waals surface area contributed by atoms with Crippen LogP contribution in [0.4, 0.5) is 34.1 Å². The van der Waals surface area contributed by atoms with Gasteiger partial charge in [0.25, 0.3) is 0 Å². The maximum Gasteiger partial charge on any atom is 0.179 e. The number of para-hydroxylation sites is 3. The fourth-order valence-corrected chi connectivity index (χ4v) is 15.5. The van der Waals surface area contributed by atoms with E-state index >= 15 is 0 Å². The van der Waals surface area contributed by atoms with Crippen molar-refractivity contribution in [2.24, 2.45) is 0 Å². The average molecular weight is 927 g/mol. The minimum atomic E-state index is -2.77. The monoisotopic (exact) mass is 926 g/mol. The Morgan fingerprint density at radius 1 is 0.225 bits per heavy atom. The Hall–Kier alpha value is -9.16. The zero-order chi connectivity index (χ0) is 47.1. The molecule has 4 nitrogen and oxygen atoms in total. The summed E-state index contributed by atoms with van der Waals surface area (Å²) in [5.41, 5.74) is 12.2. The van der Waals surface area contributed by atoms with Gasteiger partial charge in [-0.15, -0.1) is 0 Å². The molecule has 0 aliphatic carbocycles. The van der Waals surface area contributed by atoms with E-state index in [1.807, 2.05) is 12.1 Å². The van der Waals surface area contributed by atoms with Crippen molar-refractivity contribution in [1.29, 1.82) is 0 Å². The number of hydrogen-bond acceptors (Lipinski definition) is 4. The van der Waals surface area contributed by atoms with Crippen molar-refractivity contribution in [3.8, 4) is 11.1 Å². The Bertz CT molecular complexity index is 3870. The lowest BCUT2D eigenvalue weighted by Gasteiger charge is -2.34. The Kier molecular flexibility index (Phi) is 10.5. The molecule has 0 bridgehead atoms. The molecule has 0 spiro atoms. The van der Waals surface area contributed by atoms with Crippen LogP contribution in [0.25, 0.3) is 55.0 Å². The summed E-state index contributed by atoms with van der Waals surface area (Å²) in [6.07, 6.45) is 0. The first-order valence-corrected chi connectivity index (χ1v) is 26.1. The summed E-state index contributed by atoms with van der Waals surface area (Å²) >= 11 is 0. The number of furan rings is 2. The molecule has 336 valence electrons. The molecule has 0 aliphatic rings. The molecule has 0 radical (unpaired) electrons. The Labute approximate surface area is 413 Å². The first kappa shape index (κ1) is 42.0. The second-order valence-corrected chi connectivity index (χ2v) is 21.9. The minimum Gasteiger partial charge on any atom is -0.456 e. The molecule has 13 rings (SSSR count). The molecule has 0 saturated heterocycles. The third-order valence-corrected chi connectivity index (χ3v) is 18.8. The number of anilines is 6. The third-order valence-electron chi connectivity index (χ3n) is 14.0. The summed E-state index contributed by atoms with van der Waals surface area (Å²) in [7, 11) is -2.77. The predicted molar refractivity (Wildman–Crippen MR) is 299 cm³/mol. The van der Waals surface area contributed by atoms with Gasteiger partial charge in [0.05, 0.1) is 0 Å². The van der Waals surface area contributed by atoms with Gasteiger partial charge in [0.2, 0.25) is 0 Å². The smallest absolute Gasteiger partial charge is 0.179 e.